The highest BCUT2D eigenvalue weighted by Crippen LogP contribution is 2.46. The van der Waals surface area contributed by atoms with Crippen LogP contribution >= 0.6 is 8.53 Å². The van der Waals surface area contributed by atoms with Gasteiger partial charge >= 0.3 is 0 Å². The van der Waals surface area contributed by atoms with E-state index in [4.69, 9.17) is 18.5 Å². The molecule has 0 N–H and O–H groups in total. The van der Waals surface area contributed by atoms with E-state index in [0.717, 1.165) is 19.4 Å². The zero-order valence-electron chi connectivity index (χ0n) is 15.3. The molecular formula is C16H34NO4P. The lowest BCUT2D eigenvalue weighted by atomic mass is 10.3. The molecule has 0 aliphatic carbocycles. The molecule has 0 amide bonds. The number of rotatable bonds is 10. The van der Waals surface area contributed by atoms with Crippen LogP contribution in [0.1, 0.15) is 61.3 Å². The van der Waals surface area contributed by atoms with Gasteiger partial charge in [-0.25, -0.2) is 4.67 Å². The summed E-state index contributed by atoms with van der Waals surface area (Å²) < 4.78 is 25.9. The van der Waals surface area contributed by atoms with Crippen LogP contribution in [0.25, 0.3) is 0 Å². The molecule has 0 bridgehead atoms. The highest BCUT2D eigenvalue weighted by Gasteiger charge is 2.35. The summed E-state index contributed by atoms with van der Waals surface area (Å²) in [5, 5.41) is 0. The lowest BCUT2D eigenvalue weighted by Crippen LogP contribution is -2.34. The Hall–Kier alpha value is 0.230. The zero-order chi connectivity index (χ0) is 16.8. The second-order valence-corrected chi connectivity index (χ2v) is 8.19. The van der Waals surface area contributed by atoms with Gasteiger partial charge in [0.1, 0.15) is 6.10 Å². The van der Waals surface area contributed by atoms with Crippen LogP contribution in [-0.4, -0.2) is 48.5 Å². The Balaban J connectivity index is 2.57. The fourth-order valence-corrected chi connectivity index (χ4v) is 4.10. The SMILES string of the molecule is CCCCOP(OCC1COC(C)(C)O1)N(C(C)C)C(C)C. The summed E-state index contributed by atoms with van der Waals surface area (Å²) in [5.74, 6) is -0.504. The normalized spacial score (nSPS) is 22.9. The summed E-state index contributed by atoms with van der Waals surface area (Å²) >= 11 is 0. The van der Waals surface area contributed by atoms with E-state index in [9.17, 15) is 0 Å². The Bertz CT molecular complexity index is 305. The summed E-state index contributed by atoms with van der Waals surface area (Å²) in [6, 6.07) is 0.759. The van der Waals surface area contributed by atoms with E-state index in [1.165, 1.54) is 0 Å². The number of nitrogens with zero attached hydrogens (tertiary/aromatic N) is 1. The van der Waals surface area contributed by atoms with E-state index in [-0.39, 0.29) is 6.10 Å². The smallest absolute Gasteiger partial charge is 0.259 e. The van der Waals surface area contributed by atoms with Crippen LogP contribution in [0.3, 0.4) is 0 Å². The van der Waals surface area contributed by atoms with E-state index in [0.29, 0.717) is 25.3 Å². The molecule has 1 heterocycles. The molecule has 2 atom stereocenters. The van der Waals surface area contributed by atoms with Gasteiger partial charge in [0.05, 0.1) is 19.8 Å². The van der Waals surface area contributed by atoms with Gasteiger partial charge in [-0.05, 0) is 48.0 Å². The molecule has 1 fully saturated rings. The predicted molar refractivity (Wildman–Crippen MR) is 90.7 cm³/mol. The standard InChI is InChI=1S/C16H34NO4P/c1-8-9-10-19-22(17(13(2)3)14(4)5)20-12-15-11-18-16(6,7)21-15/h13-15H,8-12H2,1-7H3. The first-order chi connectivity index (χ1) is 10.3. The molecule has 1 aliphatic heterocycles. The van der Waals surface area contributed by atoms with Crippen molar-refractivity contribution in [3.8, 4) is 0 Å². The second kappa shape index (κ2) is 9.51. The molecular weight excluding hydrogens is 301 g/mol. The molecule has 6 heteroatoms. The maximum Gasteiger partial charge on any atom is 0.259 e. The van der Waals surface area contributed by atoms with Crippen molar-refractivity contribution in [2.24, 2.45) is 0 Å². The van der Waals surface area contributed by atoms with E-state index < -0.39 is 14.3 Å². The molecule has 1 aliphatic rings. The molecule has 0 aromatic rings. The van der Waals surface area contributed by atoms with Crippen LogP contribution in [0, 0.1) is 0 Å². The van der Waals surface area contributed by atoms with Crippen molar-refractivity contribution in [2.45, 2.75) is 85.3 Å². The van der Waals surface area contributed by atoms with Gasteiger partial charge < -0.3 is 18.5 Å². The van der Waals surface area contributed by atoms with Crippen LogP contribution in [0.4, 0.5) is 0 Å². The lowest BCUT2D eigenvalue weighted by molar-refractivity contribution is -0.141. The van der Waals surface area contributed by atoms with Crippen molar-refractivity contribution >= 4 is 8.53 Å². The number of hydrogen-bond donors (Lipinski definition) is 0. The van der Waals surface area contributed by atoms with Gasteiger partial charge in [-0.2, -0.15) is 0 Å². The van der Waals surface area contributed by atoms with Crippen LogP contribution < -0.4 is 0 Å². The number of ether oxygens (including phenoxy) is 2. The molecule has 5 nitrogen and oxygen atoms in total. The molecule has 0 spiro atoms. The van der Waals surface area contributed by atoms with Crippen LogP contribution in [-0.2, 0) is 18.5 Å². The predicted octanol–water partition coefficient (Wildman–Crippen LogP) is 4.32. The maximum absolute atomic E-state index is 6.11. The van der Waals surface area contributed by atoms with E-state index in [2.05, 4.69) is 39.3 Å². The monoisotopic (exact) mass is 335 g/mol. The number of hydrogen-bond acceptors (Lipinski definition) is 5. The Labute approximate surface area is 137 Å². The van der Waals surface area contributed by atoms with Crippen molar-refractivity contribution in [3.63, 3.8) is 0 Å². The Morgan fingerprint density at radius 3 is 2.27 bits per heavy atom. The van der Waals surface area contributed by atoms with Crippen molar-refractivity contribution < 1.29 is 18.5 Å². The van der Waals surface area contributed by atoms with Gasteiger partial charge in [0.2, 0.25) is 0 Å². The minimum absolute atomic E-state index is 0.0176. The Morgan fingerprint density at radius 1 is 1.18 bits per heavy atom. The molecule has 0 aromatic heterocycles. The first-order valence-corrected chi connectivity index (χ1v) is 9.55. The topological polar surface area (TPSA) is 40.2 Å². The highest BCUT2D eigenvalue weighted by molar-refractivity contribution is 7.44. The molecule has 0 radical (unpaired) electrons. The molecule has 2 unspecified atom stereocenters. The van der Waals surface area contributed by atoms with Gasteiger partial charge in [0, 0.05) is 12.1 Å². The Kier molecular flexibility index (Phi) is 8.76. The van der Waals surface area contributed by atoms with Crippen molar-refractivity contribution in [1.82, 2.24) is 4.67 Å². The fraction of sp³-hybridized carbons (Fsp3) is 1.00. The van der Waals surface area contributed by atoms with Gasteiger partial charge in [0.15, 0.2) is 5.79 Å². The molecule has 132 valence electrons. The largest absolute Gasteiger partial charge is 0.348 e. The average molecular weight is 335 g/mol. The van der Waals surface area contributed by atoms with Gasteiger partial charge in [-0.15, -0.1) is 0 Å². The van der Waals surface area contributed by atoms with Gasteiger partial charge in [-0.3, -0.25) is 0 Å². The summed E-state index contributed by atoms with van der Waals surface area (Å²) in [6.45, 7) is 16.6. The summed E-state index contributed by atoms with van der Waals surface area (Å²) in [7, 11) is -1.06. The van der Waals surface area contributed by atoms with E-state index in [1.807, 2.05) is 13.8 Å². The third-order valence-corrected chi connectivity index (χ3v) is 5.46. The minimum atomic E-state index is -1.06. The highest BCUT2D eigenvalue weighted by atomic mass is 31.2. The summed E-state index contributed by atoms with van der Waals surface area (Å²) in [6.07, 6.45) is 2.17. The van der Waals surface area contributed by atoms with Gasteiger partial charge in [-0.1, -0.05) is 13.3 Å². The van der Waals surface area contributed by atoms with Crippen molar-refractivity contribution in [1.29, 1.82) is 0 Å². The quantitative estimate of drug-likeness (QED) is 0.439. The Morgan fingerprint density at radius 2 is 1.82 bits per heavy atom. The molecule has 22 heavy (non-hydrogen) atoms. The molecule has 1 rings (SSSR count). The fourth-order valence-electron chi connectivity index (χ4n) is 2.42. The summed E-state index contributed by atoms with van der Waals surface area (Å²) in [5.41, 5.74) is 0. The minimum Gasteiger partial charge on any atom is -0.348 e. The molecule has 0 saturated carbocycles. The summed E-state index contributed by atoms with van der Waals surface area (Å²) in [4.78, 5) is 0. The average Bonchev–Trinajstić information content (AvgIpc) is 2.74. The van der Waals surface area contributed by atoms with Crippen LogP contribution in [0.15, 0.2) is 0 Å². The third-order valence-electron chi connectivity index (χ3n) is 3.38. The first kappa shape index (κ1) is 20.3. The van der Waals surface area contributed by atoms with E-state index >= 15 is 0 Å². The third kappa shape index (κ3) is 6.77. The second-order valence-electron chi connectivity index (χ2n) is 6.74. The van der Waals surface area contributed by atoms with Crippen molar-refractivity contribution in [2.75, 3.05) is 19.8 Å². The van der Waals surface area contributed by atoms with Crippen molar-refractivity contribution in [3.05, 3.63) is 0 Å². The van der Waals surface area contributed by atoms with Crippen LogP contribution in [0.5, 0.6) is 0 Å². The van der Waals surface area contributed by atoms with Gasteiger partial charge in [0.25, 0.3) is 8.53 Å². The first-order valence-electron chi connectivity index (χ1n) is 8.42. The molecule has 1 saturated heterocycles. The van der Waals surface area contributed by atoms with E-state index in [1.54, 1.807) is 0 Å². The maximum atomic E-state index is 6.11. The zero-order valence-corrected chi connectivity index (χ0v) is 16.2. The molecule has 0 aromatic carbocycles. The number of unbranched alkanes of at least 4 members (excludes halogenated alkanes) is 1. The van der Waals surface area contributed by atoms with Crippen LogP contribution in [0.2, 0.25) is 0 Å². The lowest BCUT2D eigenvalue weighted by Gasteiger charge is -2.36.